The van der Waals surface area contributed by atoms with Gasteiger partial charge >= 0.3 is 27.6 Å². The van der Waals surface area contributed by atoms with Gasteiger partial charge in [0.05, 0.1) is 25.9 Å². The average Bonchev–Trinajstić information content (AvgIpc) is 3.22. The molecule has 0 bridgehead atoms. The minimum atomic E-state index is -4.89. The topological polar surface area (TPSA) is 216 Å². The summed E-state index contributed by atoms with van der Waals surface area (Å²) in [6, 6.07) is 0. The van der Waals surface area contributed by atoms with Crippen molar-refractivity contribution in [1.29, 1.82) is 0 Å². The van der Waals surface area contributed by atoms with Crippen molar-refractivity contribution in [3.05, 3.63) is 36.5 Å². The molecule has 5 N–H and O–H groups in total. The first kappa shape index (κ1) is 61.3. The molecule has 2 unspecified atom stereocenters. The van der Waals surface area contributed by atoms with Gasteiger partial charge in [-0.2, -0.15) is 0 Å². The van der Waals surface area contributed by atoms with E-state index in [1.165, 1.54) is 116 Å². The van der Waals surface area contributed by atoms with Crippen molar-refractivity contribution in [1.82, 2.24) is 0 Å². The summed E-state index contributed by atoms with van der Waals surface area (Å²) in [5, 5.41) is 20.1. The number of allylic oxidation sites excluding steroid dienone is 5. The quantitative estimate of drug-likeness (QED) is 0.0126. The Bertz CT molecular complexity index is 1280. The van der Waals surface area contributed by atoms with Crippen LogP contribution in [0.4, 0.5) is 0 Å². The van der Waals surface area contributed by atoms with Crippen LogP contribution in [0.2, 0.25) is 0 Å². The van der Waals surface area contributed by atoms with E-state index < -0.39 is 72.3 Å². The summed E-state index contributed by atoms with van der Waals surface area (Å²) in [4.78, 5) is 52.8. The maximum absolute atomic E-state index is 12.7. The van der Waals surface area contributed by atoms with E-state index in [1.807, 2.05) is 12.2 Å². The summed E-state index contributed by atoms with van der Waals surface area (Å²) in [5.41, 5.74) is 0. The Hall–Kier alpha value is -1.70. The van der Waals surface area contributed by atoms with Gasteiger partial charge in [-0.05, 0) is 44.4 Å². The van der Waals surface area contributed by atoms with Crippen LogP contribution < -0.4 is 0 Å². The van der Waals surface area contributed by atoms with Crippen molar-refractivity contribution in [2.45, 2.75) is 219 Å². The Labute approximate surface area is 380 Å². The molecule has 0 heterocycles. The van der Waals surface area contributed by atoms with Crippen molar-refractivity contribution in [3.8, 4) is 0 Å². The van der Waals surface area contributed by atoms with Gasteiger partial charge in [0.25, 0.3) is 0 Å². The van der Waals surface area contributed by atoms with Crippen molar-refractivity contribution >= 4 is 27.6 Å². The summed E-state index contributed by atoms with van der Waals surface area (Å²) >= 11 is 0. The van der Waals surface area contributed by atoms with Crippen LogP contribution in [0.1, 0.15) is 201 Å². The lowest BCUT2D eigenvalue weighted by atomic mass is 10.0. The zero-order valence-electron chi connectivity index (χ0n) is 39.2. The second-order valence-corrected chi connectivity index (χ2v) is 19.8. The summed E-state index contributed by atoms with van der Waals surface area (Å²) < 4.78 is 47.7. The van der Waals surface area contributed by atoms with Gasteiger partial charge in [-0.1, -0.05) is 186 Å². The van der Waals surface area contributed by atoms with E-state index in [0.717, 1.165) is 38.0 Å². The molecule has 0 saturated heterocycles. The number of hydrogen-bond acceptors (Lipinski definition) is 11. The molecule has 0 aromatic heterocycles. The molecule has 0 aromatic rings. The molecular formula is C47H88O14P2. The van der Waals surface area contributed by atoms with Crippen LogP contribution in [-0.2, 0) is 41.8 Å². The minimum absolute atomic E-state index is 0.0909. The highest BCUT2D eigenvalue weighted by Gasteiger charge is 2.28. The molecule has 0 aliphatic heterocycles. The summed E-state index contributed by atoms with van der Waals surface area (Å²) in [6.45, 7) is 3.90. The molecule has 0 aliphatic rings. The third-order valence-electron chi connectivity index (χ3n) is 10.3. The lowest BCUT2D eigenvalue weighted by Crippen LogP contribution is -2.30. The molecule has 0 radical (unpaired) electrons. The van der Waals surface area contributed by atoms with E-state index in [1.54, 1.807) is 12.2 Å². The maximum atomic E-state index is 12.7. The molecule has 0 aliphatic carbocycles. The number of aliphatic hydroxyl groups is 2. The van der Waals surface area contributed by atoms with Crippen LogP contribution in [0.25, 0.3) is 0 Å². The van der Waals surface area contributed by atoms with Crippen molar-refractivity contribution in [2.75, 3.05) is 26.4 Å². The third-order valence-corrected chi connectivity index (χ3v) is 11.7. The molecule has 16 heteroatoms. The number of carbonyl (C=O) groups excluding carboxylic acids is 2. The summed E-state index contributed by atoms with van der Waals surface area (Å²) in [7, 11) is -9.75. The molecule has 0 rings (SSSR count). The molecule has 0 saturated carbocycles. The number of esters is 2. The van der Waals surface area contributed by atoms with E-state index in [2.05, 4.69) is 42.0 Å². The van der Waals surface area contributed by atoms with Crippen LogP contribution in [-0.4, -0.2) is 81.6 Å². The monoisotopic (exact) mass is 939 g/mol. The number of unbranched alkanes of at least 4 members (excludes halogenated alkanes) is 20. The van der Waals surface area contributed by atoms with Gasteiger partial charge in [-0.25, -0.2) is 9.13 Å². The lowest BCUT2D eigenvalue weighted by molar-refractivity contribution is -0.161. The second-order valence-electron chi connectivity index (χ2n) is 17.1. The van der Waals surface area contributed by atoms with E-state index in [0.29, 0.717) is 6.42 Å². The highest BCUT2D eigenvalue weighted by molar-refractivity contribution is 7.47. The number of phosphoric ester groups is 2. The fraction of sp³-hybridized carbons (Fsp3) is 0.830. The van der Waals surface area contributed by atoms with Gasteiger partial charge in [0.15, 0.2) is 6.10 Å². The number of ether oxygens (including phenoxy) is 2. The standard InChI is InChI=1S/C47H88O14P2/c1-4-5-6-7-8-9-10-14-18-21-24-27-30-34-43(48)35-32-37-47(51)61-45(41-60-63(55,56)59-39-44(49)38-58-62(52,53)54)40-57-46(50)36-31-28-25-22-19-16-13-11-12-15-17-20-23-26-29-33-42(2)3/h14,18,24,27,30,34,42-45,48-49H,4-13,15-17,19-23,25-26,28-29,31-33,35-41H2,1-3H3,(H,55,56)(H2,52,53,54)/b18-14+,27-24+,34-30+/t43?,44-,45+/m0/s1. The Morgan fingerprint density at radius 1 is 0.556 bits per heavy atom. The molecule has 370 valence electrons. The number of phosphoric acid groups is 2. The van der Waals surface area contributed by atoms with E-state index in [4.69, 9.17) is 23.8 Å². The Balaban J connectivity index is 4.60. The van der Waals surface area contributed by atoms with Crippen LogP contribution in [0.3, 0.4) is 0 Å². The molecule has 63 heavy (non-hydrogen) atoms. The average molecular weight is 939 g/mol. The maximum Gasteiger partial charge on any atom is 0.472 e. The SMILES string of the molecule is CCCCCCCC/C=C/C/C=C/C=C/C(O)CCCC(=O)O[C@H](COC(=O)CCCCCCCCCCCCCCCCCC(C)C)COP(=O)(O)OC[C@@H](O)COP(=O)(O)O. The normalized spacial score (nSPS) is 14.8. The van der Waals surface area contributed by atoms with Gasteiger partial charge in [-0.3, -0.25) is 23.2 Å². The number of hydrogen-bond donors (Lipinski definition) is 5. The molecule has 0 amide bonds. The molecular weight excluding hydrogens is 850 g/mol. The third kappa shape index (κ3) is 46.6. The van der Waals surface area contributed by atoms with Gasteiger partial charge in [0.2, 0.25) is 0 Å². The minimum Gasteiger partial charge on any atom is -0.462 e. The first-order valence-corrected chi connectivity index (χ1v) is 27.2. The van der Waals surface area contributed by atoms with Gasteiger partial charge in [0, 0.05) is 12.8 Å². The zero-order chi connectivity index (χ0) is 46.9. The largest absolute Gasteiger partial charge is 0.472 e. The smallest absolute Gasteiger partial charge is 0.462 e. The number of carbonyl (C=O) groups is 2. The predicted molar refractivity (Wildman–Crippen MR) is 250 cm³/mol. The zero-order valence-corrected chi connectivity index (χ0v) is 41.0. The van der Waals surface area contributed by atoms with Crippen LogP contribution in [0.15, 0.2) is 36.5 Å². The van der Waals surface area contributed by atoms with Crippen LogP contribution in [0.5, 0.6) is 0 Å². The van der Waals surface area contributed by atoms with Crippen molar-refractivity contribution in [3.63, 3.8) is 0 Å². The predicted octanol–water partition coefficient (Wildman–Crippen LogP) is 11.7. The van der Waals surface area contributed by atoms with Gasteiger partial charge in [-0.15, -0.1) is 0 Å². The molecule has 14 nitrogen and oxygen atoms in total. The highest BCUT2D eigenvalue weighted by atomic mass is 31.2. The molecule has 4 atom stereocenters. The Morgan fingerprint density at radius 2 is 1.08 bits per heavy atom. The van der Waals surface area contributed by atoms with Crippen LogP contribution >= 0.6 is 15.6 Å². The highest BCUT2D eigenvalue weighted by Crippen LogP contribution is 2.43. The fourth-order valence-corrected chi connectivity index (χ4v) is 7.76. The fourth-order valence-electron chi connectivity index (χ4n) is 6.60. The number of rotatable bonds is 45. The first-order chi connectivity index (χ1) is 30.1. The summed E-state index contributed by atoms with van der Waals surface area (Å²) in [6.07, 6.45) is 37.4. The second kappa shape index (κ2) is 41.7. The Kier molecular flexibility index (Phi) is 40.6. The number of aliphatic hydroxyl groups excluding tert-OH is 2. The lowest BCUT2D eigenvalue weighted by Gasteiger charge is -2.20. The van der Waals surface area contributed by atoms with E-state index in [-0.39, 0.29) is 25.7 Å². The van der Waals surface area contributed by atoms with E-state index >= 15 is 0 Å². The Morgan fingerprint density at radius 3 is 1.67 bits per heavy atom. The van der Waals surface area contributed by atoms with E-state index in [9.17, 15) is 33.8 Å². The van der Waals surface area contributed by atoms with Crippen molar-refractivity contribution < 1.29 is 66.7 Å². The summed E-state index contributed by atoms with van der Waals surface area (Å²) in [5.74, 6) is -0.410. The molecule has 0 spiro atoms. The molecule has 0 fully saturated rings. The van der Waals surface area contributed by atoms with Gasteiger partial charge < -0.3 is 34.4 Å². The van der Waals surface area contributed by atoms with Gasteiger partial charge in [0.1, 0.15) is 12.7 Å². The van der Waals surface area contributed by atoms with Crippen molar-refractivity contribution in [2.24, 2.45) is 5.92 Å². The first-order valence-electron chi connectivity index (χ1n) is 24.1. The molecule has 0 aromatic carbocycles. The van der Waals surface area contributed by atoms with Crippen LogP contribution in [0, 0.1) is 5.92 Å².